The summed E-state index contributed by atoms with van der Waals surface area (Å²) in [5.74, 6) is 1.24. The molecule has 1 unspecified atom stereocenters. The SMILES string of the molecule is C=C1C=C(c2ccnc(NC3N=CN(c4ccccc4)C3=C)c2)N=C(C=C2CCCNCC2)c2c1cncc2C1CCC1. The fourth-order valence-electron chi connectivity index (χ4n) is 6.20. The molecule has 1 saturated heterocycles. The van der Waals surface area contributed by atoms with E-state index in [0.717, 1.165) is 71.8 Å². The summed E-state index contributed by atoms with van der Waals surface area (Å²) in [6.45, 7) is 10.9. The van der Waals surface area contributed by atoms with Crippen LogP contribution in [0.2, 0.25) is 0 Å². The van der Waals surface area contributed by atoms with Gasteiger partial charge in [-0.1, -0.05) is 43.4 Å². The molecule has 43 heavy (non-hydrogen) atoms. The minimum absolute atomic E-state index is 0.311. The quantitative estimate of drug-likeness (QED) is 0.332. The molecular formula is C36H37N7. The molecule has 5 heterocycles. The highest BCUT2D eigenvalue weighted by Gasteiger charge is 2.28. The van der Waals surface area contributed by atoms with Crippen LogP contribution in [0.5, 0.6) is 0 Å². The fraction of sp³-hybridized carbons (Fsp3) is 0.278. The number of anilines is 2. The lowest BCUT2D eigenvalue weighted by molar-refractivity contribution is 0.418. The lowest BCUT2D eigenvalue weighted by Crippen LogP contribution is -2.24. The van der Waals surface area contributed by atoms with Crippen molar-refractivity contribution in [1.29, 1.82) is 0 Å². The number of pyridine rings is 2. The zero-order valence-electron chi connectivity index (χ0n) is 24.5. The highest BCUT2D eigenvalue weighted by molar-refractivity contribution is 6.16. The maximum absolute atomic E-state index is 5.38. The molecule has 3 aromatic rings. The third-order valence-corrected chi connectivity index (χ3v) is 8.82. The van der Waals surface area contributed by atoms with Crippen molar-refractivity contribution < 1.29 is 0 Å². The van der Waals surface area contributed by atoms with E-state index in [2.05, 4.69) is 57.1 Å². The molecule has 4 aliphatic rings. The molecule has 2 N–H and O–H groups in total. The first kappa shape index (κ1) is 27.2. The number of aliphatic imine (C=N–C) groups is 2. The van der Waals surface area contributed by atoms with Crippen molar-refractivity contribution in [1.82, 2.24) is 15.3 Å². The van der Waals surface area contributed by atoms with Crippen LogP contribution in [-0.2, 0) is 0 Å². The van der Waals surface area contributed by atoms with Gasteiger partial charge in [0, 0.05) is 41.0 Å². The Balaban J connectivity index is 1.23. The topological polar surface area (TPSA) is 77.8 Å². The monoisotopic (exact) mass is 567 g/mol. The molecule has 7 rings (SSSR count). The number of nitrogens with one attached hydrogen (secondary N) is 2. The molecule has 0 amide bonds. The molecule has 0 bridgehead atoms. The van der Waals surface area contributed by atoms with E-state index in [0.29, 0.717) is 11.7 Å². The first-order valence-corrected chi connectivity index (χ1v) is 15.3. The number of benzene rings is 1. The van der Waals surface area contributed by atoms with Gasteiger partial charge in [-0.05, 0) is 98.7 Å². The van der Waals surface area contributed by atoms with E-state index in [4.69, 9.17) is 4.99 Å². The lowest BCUT2D eigenvalue weighted by Gasteiger charge is -2.28. The van der Waals surface area contributed by atoms with Gasteiger partial charge >= 0.3 is 0 Å². The summed E-state index contributed by atoms with van der Waals surface area (Å²) in [6, 6.07) is 14.2. The van der Waals surface area contributed by atoms with E-state index in [1.807, 2.05) is 66.1 Å². The molecule has 7 heteroatoms. The molecule has 7 nitrogen and oxygen atoms in total. The number of fused-ring (bicyclic) bond motifs is 1. The normalized spacial score (nSPS) is 21.5. The maximum Gasteiger partial charge on any atom is 0.162 e. The summed E-state index contributed by atoms with van der Waals surface area (Å²) in [5.41, 5.74) is 10.7. The van der Waals surface area contributed by atoms with Crippen LogP contribution in [0.15, 0.2) is 108 Å². The maximum atomic E-state index is 5.38. The second kappa shape index (κ2) is 11.9. The Bertz CT molecular complexity index is 1670. The van der Waals surface area contributed by atoms with Crippen LogP contribution in [0.1, 0.15) is 66.7 Å². The number of aromatic nitrogens is 2. The van der Waals surface area contributed by atoms with Crippen LogP contribution in [0, 0.1) is 0 Å². The van der Waals surface area contributed by atoms with Gasteiger partial charge in [0.1, 0.15) is 5.82 Å². The summed E-state index contributed by atoms with van der Waals surface area (Å²) in [4.78, 5) is 21.3. The zero-order valence-corrected chi connectivity index (χ0v) is 24.5. The molecule has 2 aromatic heterocycles. The van der Waals surface area contributed by atoms with Gasteiger partial charge in [0.2, 0.25) is 0 Å². The van der Waals surface area contributed by atoms with Crippen LogP contribution >= 0.6 is 0 Å². The Labute approximate surface area is 253 Å². The van der Waals surface area contributed by atoms with Crippen molar-refractivity contribution >= 4 is 34.8 Å². The van der Waals surface area contributed by atoms with Crippen molar-refractivity contribution in [2.24, 2.45) is 9.98 Å². The van der Waals surface area contributed by atoms with Crippen LogP contribution in [0.3, 0.4) is 0 Å². The second-order valence-corrected chi connectivity index (χ2v) is 11.7. The predicted octanol–water partition coefficient (Wildman–Crippen LogP) is 7.10. The minimum Gasteiger partial charge on any atom is -0.344 e. The Hall–Kier alpha value is -4.62. The van der Waals surface area contributed by atoms with E-state index >= 15 is 0 Å². The van der Waals surface area contributed by atoms with E-state index in [9.17, 15) is 0 Å². The first-order chi connectivity index (χ1) is 21.1. The van der Waals surface area contributed by atoms with Crippen molar-refractivity contribution in [2.45, 2.75) is 50.6 Å². The Morgan fingerprint density at radius 3 is 2.72 bits per heavy atom. The van der Waals surface area contributed by atoms with Gasteiger partial charge < -0.3 is 15.5 Å². The van der Waals surface area contributed by atoms with E-state index < -0.39 is 0 Å². The van der Waals surface area contributed by atoms with Crippen molar-refractivity contribution in [2.75, 3.05) is 23.3 Å². The summed E-state index contributed by atoms with van der Waals surface area (Å²) in [7, 11) is 0. The summed E-state index contributed by atoms with van der Waals surface area (Å²) >= 11 is 0. The first-order valence-electron chi connectivity index (χ1n) is 15.3. The van der Waals surface area contributed by atoms with Gasteiger partial charge in [-0.15, -0.1) is 0 Å². The Morgan fingerprint density at radius 1 is 1.00 bits per heavy atom. The number of allylic oxidation sites excluding steroid dienone is 3. The molecule has 0 radical (unpaired) electrons. The predicted molar refractivity (Wildman–Crippen MR) is 177 cm³/mol. The van der Waals surface area contributed by atoms with E-state index in [1.165, 1.54) is 36.0 Å². The van der Waals surface area contributed by atoms with Crippen molar-refractivity contribution in [3.8, 4) is 0 Å². The molecular weight excluding hydrogens is 530 g/mol. The molecule has 3 aliphatic heterocycles. The molecule has 0 spiro atoms. The van der Waals surface area contributed by atoms with Crippen molar-refractivity contribution in [3.05, 3.63) is 120 Å². The van der Waals surface area contributed by atoms with Gasteiger partial charge in [0.25, 0.3) is 0 Å². The van der Waals surface area contributed by atoms with Gasteiger partial charge in [0.15, 0.2) is 6.17 Å². The standard InChI is InChI=1S/C36H37N7/c1-24-18-32(28-14-17-39-34(20-28)42-36-25(2)43(23-40-36)29-11-4-3-5-12-29)41-33(19-26-8-7-15-37-16-13-26)35-30(24)21-38-22-31(35)27-9-6-10-27/h3-5,11-12,14,17-23,27,36-37H,1-2,6-10,13,15-16H2,(H,39,42). The highest BCUT2D eigenvalue weighted by atomic mass is 15.3. The minimum atomic E-state index is -0.311. The smallest absolute Gasteiger partial charge is 0.162 e. The van der Waals surface area contributed by atoms with Gasteiger partial charge in [-0.3, -0.25) is 4.98 Å². The van der Waals surface area contributed by atoms with Crippen LogP contribution in [-0.4, -0.2) is 41.3 Å². The van der Waals surface area contributed by atoms with Crippen LogP contribution in [0.25, 0.3) is 11.3 Å². The highest BCUT2D eigenvalue weighted by Crippen LogP contribution is 2.41. The van der Waals surface area contributed by atoms with E-state index in [-0.39, 0.29) is 6.17 Å². The molecule has 1 atom stereocenters. The number of rotatable bonds is 6. The molecule has 2 fully saturated rings. The van der Waals surface area contributed by atoms with Crippen LogP contribution in [0.4, 0.5) is 11.5 Å². The number of hydrogen-bond acceptors (Lipinski definition) is 7. The molecule has 216 valence electrons. The van der Waals surface area contributed by atoms with Gasteiger partial charge in [-0.25, -0.2) is 15.0 Å². The summed E-state index contributed by atoms with van der Waals surface area (Å²) in [6.07, 6.45) is 18.7. The third-order valence-electron chi connectivity index (χ3n) is 8.82. The Kier molecular flexibility index (Phi) is 7.56. The molecule has 1 saturated carbocycles. The van der Waals surface area contributed by atoms with Gasteiger partial charge in [0.05, 0.1) is 23.4 Å². The van der Waals surface area contributed by atoms with E-state index in [1.54, 1.807) is 0 Å². The number of para-hydroxylation sites is 1. The third kappa shape index (κ3) is 5.60. The second-order valence-electron chi connectivity index (χ2n) is 11.7. The summed E-state index contributed by atoms with van der Waals surface area (Å²) in [5, 5.41) is 7.00. The number of nitrogens with zero attached hydrogens (tertiary/aromatic N) is 5. The zero-order chi connectivity index (χ0) is 29.2. The molecule has 1 aromatic carbocycles. The Morgan fingerprint density at radius 2 is 1.88 bits per heavy atom. The largest absolute Gasteiger partial charge is 0.344 e. The lowest BCUT2D eigenvalue weighted by atomic mass is 9.77. The number of hydrogen-bond donors (Lipinski definition) is 2. The van der Waals surface area contributed by atoms with Crippen molar-refractivity contribution in [3.63, 3.8) is 0 Å². The average Bonchev–Trinajstić information content (AvgIpc) is 3.14. The fourth-order valence-corrected chi connectivity index (χ4v) is 6.20. The molecule has 1 aliphatic carbocycles. The van der Waals surface area contributed by atoms with Crippen LogP contribution < -0.4 is 15.5 Å². The average molecular weight is 568 g/mol. The van der Waals surface area contributed by atoms with Gasteiger partial charge in [-0.2, -0.15) is 0 Å². The summed E-state index contributed by atoms with van der Waals surface area (Å²) < 4.78 is 0.